The van der Waals surface area contributed by atoms with Crippen molar-refractivity contribution in [1.82, 2.24) is 5.32 Å². The van der Waals surface area contributed by atoms with E-state index in [2.05, 4.69) is 5.32 Å². The van der Waals surface area contributed by atoms with Gasteiger partial charge in [0.1, 0.15) is 11.6 Å². The molecule has 1 saturated carbocycles. The van der Waals surface area contributed by atoms with Crippen molar-refractivity contribution in [3.63, 3.8) is 0 Å². The molecule has 1 fully saturated rings. The normalized spacial score (nSPS) is 16.1. The van der Waals surface area contributed by atoms with Gasteiger partial charge in [0.05, 0.1) is 0 Å². The highest BCUT2D eigenvalue weighted by molar-refractivity contribution is 5.17. The minimum Gasteiger partial charge on any atom is -0.314 e. The summed E-state index contributed by atoms with van der Waals surface area (Å²) in [5, 5.41) is 3.43. The molecule has 0 atom stereocenters. The van der Waals surface area contributed by atoms with Gasteiger partial charge in [0, 0.05) is 12.1 Å². The predicted octanol–water partition coefficient (Wildman–Crippen LogP) is 3.04. The lowest BCUT2D eigenvalue weighted by Crippen LogP contribution is -2.35. The summed E-state index contributed by atoms with van der Waals surface area (Å²) in [5.41, 5.74) is 0.743. The lowest BCUT2D eigenvalue weighted by Gasteiger charge is -2.26. The average Bonchev–Trinajstić information content (AvgIpc) is 2.13. The van der Waals surface area contributed by atoms with Crippen molar-refractivity contribution >= 4 is 0 Å². The topological polar surface area (TPSA) is 12.0 Å². The number of aryl methyl sites for hydroxylation is 1. The molecule has 0 unspecified atom stereocenters. The van der Waals surface area contributed by atoms with Gasteiger partial charge in [-0.25, -0.2) is 8.78 Å². The molecule has 16 heavy (non-hydrogen) atoms. The minimum atomic E-state index is -0.484. The van der Waals surface area contributed by atoms with Gasteiger partial charge in [-0.3, -0.25) is 0 Å². The molecule has 0 spiro atoms. The van der Waals surface area contributed by atoms with Crippen LogP contribution in [-0.2, 0) is 6.42 Å². The summed E-state index contributed by atoms with van der Waals surface area (Å²) in [6, 6.07) is 4.42. The van der Waals surface area contributed by atoms with Crippen LogP contribution in [0.4, 0.5) is 8.78 Å². The summed E-state index contributed by atoms with van der Waals surface area (Å²) in [6.07, 6.45) is 5.53. The van der Waals surface area contributed by atoms with E-state index in [0.717, 1.165) is 31.0 Å². The van der Waals surface area contributed by atoms with Crippen LogP contribution in [0, 0.1) is 11.6 Å². The first-order valence-electron chi connectivity index (χ1n) is 5.92. The van der Waals surface area contributed by atoms with Crippen LogP contribution in [0.5, 0.6) is 0 Å². The molecule has 0 aromatic heterocycles. The third kappa shape index (κ3) is 3.27. The van der Waals surface area contributed by atoms with Gasteiger partial charge in [0.15, 0.2) is 0 Å². The Kier molecular flexibility index (Phi) is 3.88. The highest BCUT2D eigenvalue weighted by atomic mass is 19.1. The summed E-state index contributed by atoms with van der Waals surface area (Å²) in [5.74, 6) is -0.969. The van der Waals surface area contributed by atoms with Crippen molar-refractivity contribution in [2.75, 3.05) is 6.54 Å². The van der Waals surface area contributed by atoms with Crippen molar-refractivity contribution in [3.8, 4) is 0 Å². The minimum absolute atomic E-state index is 0.484. The van der Waals surface area contributed by atoms with Crippen LogP contribution in [0.25, 0.3) is 0 Å². The molecule has 1 aromatic carbocycles. The highest BCUT2D eigenvalue weighted by Gasteiger charge is 2.15. The van der Waals surface area contributed by atoms with Crippen LogP contribution < -0.4 is 5.32 Å². The molecule has 1 aliphatic rings. The first-order chi connectivity index (χ1) is 7.74. The average molecular weight is 225 g/mol. The van der Waals surface area contributed by atoms with Gasteiger partial charge in [-0.1, -0.05) is 6.42 Å². The molecule has 1 nitrogen and oxygen atoms in total. The molecule has 88 valence electrons. The molecule has 1 aromatic rings. The Morgan fingerprint density at radius 1 is 1.12 bits per heavy atom. The van der Waals surface area contributed by atoms with Crippen molar-refractivity contribution < 1.29 is 8.78 Å². The molecule has 0 heterocycles. The summed E-state index contributed by atoms with van der Waals surface area (Å²) in [7, 11) is 0. The molecular formula is C13H17F2N. The number of halogens is 2. The van der Waals surface area contributed by atoms with E-state index in [0.29, 0.717) is 6.04 Å². The van der Waals surface area contributed by atoms with Crippen molar-refractivity contribution in [2.24, 2.45) is 0 Å². The molecule has 0 radical (unpaired) electrons. The van der Waals surface area contributed by atoms with E-state index in [1.807, 2.05) is 0 Å². The van der Waals surface area contributed by atoms with Crippen LogP contribution in [0.1, 0.15) is 31.2 Å². The maximum atomic E-state index is 12.9. The Hall–Kier alpha value is -0.960. The third-order valence-corrected chi connectivity index (χ3v) is 3.10. The predicted molar refractivity (Wildman–Crippen MR) is 60.3 cm³/mol. The van der Waals surface area contributed by atoms with Crippen LogP contribution in [-0.4, -0.2) is 12.6 Å². The monoisotopic (exact) mass is 225 g/mol. The number of rotatable bonds is 5. The van der Waals surface area contributed by atoms with Crippen molar-refractivity contribution in [2.45, 2.75) is 38.1 Å². The molecule has 0 bridgehead atoms. The first kappa shape index (κ1) is 11.5. The zero-order valence-electron chi connectivity index (χ0n) is 9.31. The van der Waals surface area contributed by atoms with Crippen molar-refractivity contribution in [1.29, 1.82) is 0 Å². The molecule has 1 aliphatic carbocycles. The second-order valence-electron chi connectivity index (χ2n) is 4.46. The van der Waals surface area contributed by atoms with Gasteiger partial charge in [0.2, 0.25) is 0 Å². The summed E-state index contributed by atoms with van der Waals surface area (Å²) < 4.78 is 25.7. The van der Waals surface area contributed by atoms with Crippen LogP contribution in [0.15, 0.2) is 18.2 Å². The van der Waals surface area contributed by atoms with Gasteiger partial charge in [-0.2, -0.15) is 0 Å². The van der Waals surface area contributed by atoms with Crippen molar-refractivity contribution in [3.05, 3.63) is 35.4 Å². The quantitative estimate of drug-likeness (QED) is 0.759. The van der Waals surface area contributed by atoms with Gasteiger partial charge < -0.3 is 5.32 Å². The van der Waals surface area contributed by atoms with E-state index in [4.69, 9.17) is 0 Å². The molecule has 3 heteroatoms. The Labute approximate surface area is 94.9 Å². The number of hydrogen-bond acceptors (Lipinski definition) is 1. The molecule has 1 N–H and O–H groups in total. The van der Waals surface area contributed by atoms with E-state index in [9.17, 15) is 8.78 Å². The first-order valence-corrected chi connectivity index (χ1v) is 5.92. The van der Waals surface area contributed by atoms with E-state index >= 15 is 0 Å². The van der Waals surface area contributed by atoms with Crippen LogP contribution in [0.3, 0.4) is 0 Å². The third-order valence-electron chi connectivity index (χ3n) is 3.10. The Morgan fingerprint density at radius 3 is 2.38 bits per heavy atom. The second-order valence-corrected chi connectivity index (χ2v) is 4.46. The lowest BCUT2D eigenvalue weighted by atomic mass is 9.93. The fourth-order valence-electron chi connectivity index (χ4n) is 1.97. The van der Waals surface area contributed by atoms with Gasteiger partial charge in [-0.15, -0.1) is 0 Å². The highest BCUT2D eigenvalue weighted by Crippen LogP contribution is 2.18. The Morgan fingerprint density at radius 2 is 1.81 bits per heavy atom. The van der Waals surface area contributed by atoms with E-state index < -0.39 is 11.6 Å². The number of benzene rings is 1. The fraction of sp³-hybridized carbons (Fsp3) is 0.538. The zero-order valence-corrected chi connectivity index (χ0v) is 9.31. The summed E-state index contributed by atoms with van der Waals surface area (Å²) in [4.78, 5) is 0. The Bertz CT molecular complexity index is 328. The molecule has 0 amide bonds. The smallest absolute Gasteiger partial charge is 0.126 e. The van der Waals surface area contributed by atoms with Gasteiger partial charge in [0.25, 0.3) is 0 Å². The SMILES string of the molecule is Fc1cc(F)cc(CCCNC2CCC2)c1. The molecule has 0 aliphatic heterocycles. The maximum absolute atomic E-state index is 12.9. The maximum Gasteiger partial charge on any atom is 0.126 e. The summed E-state index contributed by atoms with van der Waals surface area (Å²) in [6.45, 7) is 0.933. The molecule has 2 rings (SSSR count). The van der Waals surface area contributed by atoms with E-state index in [1.165, 1.54) is 31.4 Å². The number of hydrogen-bond donors (Lipinski definition) is 1. The molecule has 0 saturated heterocycles. The zero-order chi connectivity index (χ0) is 11.4. The Balaban J connectivity index is 1.71. The van der Waals surface area contributed by atoms with Crippen LogP contribution >= 0.6 is 0 Å². The fourth-order valence-corrected chi connectivity index (χ4v) is 1.97. The largest absolute Gasteiger partial charge is 0.314 e. The van der Waals surface area contributed by atoms with Gasteiger partial charge >= 0.3 is 0 Å². The summed E-state index contributed by atoms with van der Waals surface area (Å²) >= 11 is 0. The van der Waals surface area contributed by atoms with Crippen LogP contribution in [0.2, 0.25) is 0 Å². The van der Waals surface area contributed by atoms with E-state index in [-0.39, 0.29) is 0 Å². The second kappa shape index (κ2) is 5.39. The molecular weight excluding hydrogens is 208 g/mol. The van der Waals surface area contributed by atoms with E-state index in [1.54, 1.807) is 0 Å². The lowest BCUT2D eigenvalue weighted by molar-refractivity contribution is 0.339. The standard InChI is InChI=1S/C13H17F2N/c14-11-7-10(8-12(15)9-11)3-2-6-16-13-4-1-5-13/h7-9,13,16H,1-6H2. The van der Waals surface area contributed by atoms with Gasteiger partial charge in [-0.05, 0) is 49.9 Å². The number of nitrogens with one attached hydrogen (secondary N) is 1.